The molecule has 1 aliphatic rings. The lowest BCUT2D eigenvalue weighted by Gasteiger charge is -2.11. The van der Waals surface area contributed by atoms with E-state index < -0.39 is 0 Å². The molecule has 0 bridgehead atoms. The minimum absolute atomic E-state index is 0.661. The third kappa shape index (κ3) is 1.73. The summed E-state index contributed by atoms with van der Waals surface area (Å²) in [4.78, 5) is 2.29. The van der Waals surface area contributed by atoms with Gasteiger partial charge in [0.25, 0.3) is 0 Å². The van der Waals surface area contributed by atoms with Crippen molar-refractivity contribution in [3.8, 4) is 12.3 Å². The zero-order valence-corrected chi connectivity index (χ0v) is 6.43. The van der Waals surface area contributed by atoms with Crippen molar-refractivity contribution in [3.05, 3.63) is 0 Å². The molecule has 0 aliphatic carbocycles. The Morgan fingerprint density at radius 3 is 3.10 bits per heavy atom. The molecule has 1 rings (SSSR count). The Kier molecular flexibility index (Phi) is 2.73. The fraction of sp³-hybridized carbons (Fsp3) is 0.750. The minimum atomic E-state index is 0.661. The molecule has 2 heteroatoms. The van der Waals surface area contributed by atoms with E-state index >= 15 is 0 Å². The topological polar surface area (TPSA) is 15.3 Å². The van der Waals surface area contributed by atoms with Crippen molar-refractivity contribution in [3.63, 3.8) is 0 Å². The van der Waals surface area contributed by atoms with Crippen LogP contribution in [0.1, 0.15) is 6.42 Å². The zero-order chi connectivity index (χ0) is 7.40. The van der Waals surface area contributed by atoms with Crippen LogP contribution in [0.4, 0.5) is 0 Å². The van der Waals surface area contributed by atoms with Gasteiger partial charge in [-0.3, -0.25) is 4.90 Å². The molecule has 0 saturated carbocycles. The number of likely N-dealkylation sites (N-methyl/N-ethyl adjacent to an activating group) is 1. The third-order valence-corrected chi connectivity index (χ3v) is 2.00. The molecule has 10 heavy (non-hydrogen) atoms. The molecule has 1 atom stereocenters. The Labute approximate surface area is 62.6 Å². The first-order chi connectivity index (χ1) is 4.86. The van der Waals surface area contributed by atoms with Crippen LogP contribution in [0.5, 0.6) is 0 Å². The molecule has 1 aliphatic heterocycles. The SMILES string of the molecule is C#CCN1CCC(NC)C1. The highest BCUT2D eigenvalue weighted by molar-refractivity contribution is 4.92. The Morgan fingerprint density at radius 2 is 2.60 bits per heavy atom. The first-order valence-corrected chi connectivity index (χ1v) is 3.70. The van der Waals surface area contributed by atoms with Crippen LogP contribution in [0, 0.1) is 12.3 Å². The van der Waals surface area contributed by atoms with Crippen LogP contribution in [0.25, 0.3) is 0 Å². The van der Waals surface area contributed by atoms with Crippen molar-refractivity contribution in [2.45, 2.75) is 12.5 Å². The maximum Gasteiger partial charge on any atom is 0.0599 e. The molecule has 0 aromatic carbocycles. The summed E-state index contributed by atoms with van der Waals surface area (Å²) in [5, 5.41) is 3.24. The van der Waals surface area contributed by atoms with Gasteiger partial charge in [0.2, 0.25) is 0 Å². The van der Waals surface area contributed by atoms with Gasteiger partial charge in [-0.1, -0.05) is 5.92 Å². The van der Waals surface area contributed by atoms with Gasteiger partial charge in [0, 0.05) is 19.1 Å². The summed E-state index contributed by atoms with van der Waals surface area (Å²) >= 11 is 0. The smallest absolute Gasteiger partial charge is 0.0599 e. The predicted octanol–water partition coefficient (Wildman–Crippen LogP) is -0.0867. The van der Waals surface area contributed by atoms with Crippen molar-refractivity contribution in [2.75, 3.05) is 26.7 Å². The molecule has 0 aromatic heterocycles. The van der Waals surface area contributed by atoms with E-state index in [-0.39, 0.29) is 0 Å². The molecule has 1 saturated heterocycles. The number of terminal acetylenes is 1. The molecular weight excluding hydrogens is 124 g/mol. The number of rotatable bonds is 2. The molecule has 0 radical (unpaired) electrons. The van der Waals surface area contributed by atoms with Crippen LogP contribution in [0.2, 0.25) is 0 Å². The van der Waals surface area contributed by atoms with Crippen molar-refractivity contribution < 1.29 is 0 Å². The third-order valence-electron chi connectivity index (χ3n) is 2.00. The fourth-order valence-corrected chi connectivity index (χ4v) is 1.34. The van der Waals surface area contributed by atoms with Gasteiger partial charge in [0.15, 0.2) is 0 Å². The second-order valence-electron chi connectivity index (χ2n) is 2.71. The van der Waals surface area contributed by atoms with Gasteiger partial charge >= 0.3 is 0 Å². The first kappa shape index (κ1) is 7.59. The zero-order valence-electron chi connectivity index (χ0n) is 6.43. The molecule has 1 unspecified atom stereocenters. The molecule has 0 amide bonds. The maximum absolute atomic E-state index is 5.18. The summed E-state index contributed by atoms with van der Waals surface area (Å²) in [6.07, 6.45) is 6.42. The van der Waals surface area contributed by atoms with Crippen molar-refractivity contribution >= 4 is 0 Å². The summed E-state index contributed by atoms with van der Waals surface area (Å²) in [7, 11) is 2.00. The van der Waals surface area contributed by atoms with E-state index in [9.17, 15) is 0 Å². The second-order valence-corrected chi connectivity index (χ2v) is 2.71. The molecular formula is C8H14N2. The Morgan fingerprint density at radius 1 is 1.80 bits per heavy atom. The van der Waals surface area contributed by atoms with Gasteiger partial charge in [-0.2, -0.15) is 0 Å². The molecule has 1 heterocycles. The monoisotopic (exact) mass is 138 g/mol. The standard InChI is InChI=1S/C8H14N2/c1-3-5-10-6-4-8(7-10)9-2/h1,8-9H,4-7H2,2H3. The normalized spacial score (nSPS) is 26.6. The highest BCUT2D eigenvalue weighted by Crippen LogP contribution is 2.06. The van der Waals surface area contributed by atoms with Crippen LogP contribution < -0.4 is 5.32 Å². The lowest BCUT2D eigenvalue weighted by atomic mass is 10.3. The van der Waals surface area contributed by atoms with E-state index in [1.54, 1.807) is 0 Å². The quantitative estimate of drug-likeness (QED) is 0.537. The molecule has 0 spiro atoms. The molecule has 1 N–H and O–H groups in total. The molecule has 56 valence electrons. The van der Waals surface area contributed by atoms with Gasteiger partial charge in [-0.15, -0.1) is 6.42 Å². The van der Waals surface area contributed by atoms with Crippen LogP contribution in [-0.4, -0.2) is 37.6 Å². The summed E-state index contributed by atoms with van der Waals surface area (Å²) in [6, 6.07) is 0.661. The lowest BCUT2D eigenvalue weighted by molar-refractivity contribution is 0.371. The second kappa shape index (κ2) is 3.60. The Bertz CT molecular complexity index is 137. The molecule has 0 aromatic rings. The predicted molar refractivity (Wildman–Crippen MR) is 42.7 cm³/mol. The van der Waals surface area contributed by atoms with Gasteiger partial charge in [0.1, 0.15) is 0 Å². The van der Waals surface area contributed by atoms with E-state index in [1.165, 1.54) is 6.42 Å². The largest absolute Gasteiger partial charge is 0.316 e. The average Bonchev–Trinajstić information content (AvgIpc) is 2.37. The van der Waals surface area contributed by atoms with Crippen LogP contribution in [0.3, 0.4) is 0 Å². The summed E-state index contributed by atoms with van der Waals surface area (Å²) < 4.78 is 0. The van der Waals surface area contributed by atoms with E-state index in [0.717, 1.165) is 19.6 Å². The van der Waals surface area contributed by atoms with E-state index in [2.05, 4.69) is 16.1 Å². The number of hydrogen-bond acceptors (Lipinski definition) is 2. The summed E-state index contributed by atoms with van der Waals surface area (Å²) in [6.45, 7) is 3.06. The lowest BCUT2D eigenvalue weighted by Crippen LogP contribution is -2.29. The Hall–Kier alpha value is -0.520. The molecule has 1 fully saturated rings. The minimum Gasteiger partial charge on any atom is -0.316 e. The molecule has 2 nitrogen and oxygen atoms in total. The van der Waals surface area contributed by atoms with Gasteiger partial charge in [-0.05, 0) is 13.5 Å². The number of nitrogens with one attached hydrogen (secondary N) is 1. The summed E-state index contributed by atoms with van der Waals surface area (Å²) in [5.74, 6) is 2.65. The fourth-order valence-electron chi connectivity index (χ4n) is 1.34. The number of likely N-dealkylation sites (tertiary alicyclic amines) is 1. The van der Waals surface area contributed by atoms with Crippen LogP contribution in [0.15, 0.2) is 0 Å². The van der Waals surface area contributed by atoms with Gasteiger partial charge < -0.3 is 5.32 Å². The van der Waals surface area contributed by atoms with E-state index in [1.807, 2.05) is 7.05 Å². The van der Waals surface area contributed by atoms with Crippen molar-refractivity contribution in [1.29, 1.82) is 0 Å². The highest BCUT2D eigenvalue weighted by Gasteiger charge is 2.19. The van der Waals surface area contributed by atoms with Gasteiger partial charge in [-0.25, -0.2) is 0 Å². The van der Waals surface area contributed by atoms with Crippen molar-refractivity contribution in [1.82, 2.24) is 10.2 Å². The van der Waals surface area contributed by atoms with E-state index in [4.69, 9.17) is 6.42 Å². The number of nitrogens with zero attached hydrogens (tertiary/aromatic N) is 1. The number of hydrogen-bond donors (Lipinski definition) is 1. The van der Waals surface area contributed by atoms with Gasteiger partial charge in [0.05, 0.1) is 6.54 Å². The van der Waals surface area contributed by atoms with Crippen LogP contribution >= 0.6 is 0 Å². The Balaban J connectivity index is 2.23. The van der Waals surface area contributed by atoms with E-state index in [0.29, 0.717) is 6.04 Å². The highest BCUT2D eigenvalue weighted by atomic mass is 15.2. The summed E-state index contributed by atoms with van der Waals surface area (Å²) in [5.41, 5.74) is 0. The average molecular weight is 138 g/mol. The van der Waals surface area contributed by atoms with Crippen molar-refractivity contribution in [2.24, 2.45) is 0 Å². The van der Waals surface area contributed by atoms with Crippen LogP contribution in [-0.2, 0) is 0 Å². The first-order valence-electron chi connectivity index (χ1n) is 3.70. The maximum atomic E-state index is 5.18.